The molecule has 1 aromatic heterocycles. The molecule has 2 N–H and O–H groups in total. The van der Waals surface area contributed by atoms with E-state index in [1.165, 1.54) is 0 Å². The zero-order valence-electron chi connectivity index (χ0n) is 10.6. The zero-order chi connectivity index (χ0) is 13.5. The van der Waals surface area contributed by atoms with Crippen molar-refractivity contribution in [3.05, 3.63) is 48.7 Å². The highest BCUT2D eigenvalue weighted by Gasteiger charge is 2.04. The highest BCUT2D eigenvalue weighted by atomic mass is 16.6. The van der Waals surface area contributed by atoms with Gasteiger partial charge in [-0.2, -0.15) is 0 Å². The van der Waals surface area contributed by atoms with Crippen molar-refractivity contribution >= 4 is 17.6 Å². The van der Waals surface area contributed by atoms with Gasteiger partial charge >= 0.3 is 6.09 Å². The van der Waals surface area contributed by atoms with Crippen molar-refractivity contribution in [1.82, 2.24) is 4.98 Å². The quantitative estimate of drug-likeness (QED) is 0.883. The Morgan fingerprint density at radius 2 is 2.00 bits per heavy atom. The SMILES string of the molecule is CCNc1ccc(NC(=O)Oc2ccccc2)cn1. The lowest BCUT2D eigenvalue weighted by Gasteiger charge is -2.07. The van der Waals surface area contributed by atoms with Crippen LogP contribution >= 0.6 is 0 Å². The second kappa shape index (κ2) is 6.39. The number of carbonyl (C=O) groups excluding carboxylic acids is 1. The molecular weight excluding hydrogens is 242 g/mol. The number of hydrogen-bond donors (Lipinski definition) is 2. The number of nitrogens with one attached hydrogen (secondary N) is 2. The minimum absolute atomic E-state index is 0.497. The molecule has 5 heteroatoms. The van der Waals surface area contributed by atoms with E-state index in [9.17, 15) is 4.79 Å². The number of aromatic nitrogens is 1. The number of nitrogens with zero attached hydrogens (tertiary/aromatic N) is 1. The van der Waals surface area contributed by atoms with Gasteiger partial charge < -0.3 is 10.1 Å². The van der Waals surface area contributed by atoms with Gasteiger partial charge in [0.05, 0.1) is 11.9 Å². The lowest BCUT2D eigenvalue weighted by Crippen LogP contribution is -2.16. The predicted octanol–water partition coefficient (Wildman–Crippen LogP) is 3.12. The smallest absolute Gasteiger partial charge is 0.410 e. The summed E-state index contributed by atoms with van der Waals surface area (Å²) in [5.74, 6) is 1.27. The van der Waals surface area contributed by atoms with Crippen LogP contribution in [0, 0.1) is 0 Å². The van der Waals surface area contributed by atoms with Crippen LogP contribution in [0.2, 0.25) is 0 Å². The molecule has 5 nitrogen and oxygen atoms in total. The van der Waals surface area contributed by atoms with Crippen LogP contribution < -0.4 is 15.4 Å². The first-order valence-electron chi connectivity index (χ1n) is 6.01. The van der Waals surface area contributed by atoms with Gasteiger partial charge in [0.2, 0.25) is 0 Å². The van der Waals surface area contributed by atoms with Crippen molar-refractivity contribution in [2.75, 3.05) is 17.2 Å². The first-order valence-corrected chi connectivity index (χ1v) is 6.01. The molecule has 0 saturated heterocycles. The lowest BCUT2D eigenvalue weighted by molar-refractivity contribution is 0.215. The van der Waals surface area contributed by atoms with Gasteiger partial charge in [-0.05, 0) is 31.2 Å². The number of anilines is 2. The molecule has 1 amide bonds. The van der Waals surface area contributed by atoms with E-state index < -0.39 is 6.09 Å². The molecule has 0 atom stereocenters. The van der Waals surface area contributed by atoms with Crippen LogP contribution in [-0.4, -0.2) is 17.6 Å². The Hall–Kier alpha value is -2.56. The first-order chi connectivity index (χ1) is 9.28. The summed E-state index contributed by atoms with van der Waals surface area (Å²) < 4.78 is 5.10. The fourth-order valence-corrected chi connectivity index (χ4v) is 1.49. The fraction of sp³-hybridized carbons (Fsp3) is 0.143. The van der Waals surface area contributed by atoms with Crippen LogP contribution in [0.15, 0.2) is 48.7 Å². The number of amides is 1. The van der Waals surface area contributed by atoms with Gasteiger partial charge in [0.15, 0.2) is 0 Å². The van der Waals surface area contributed by atoms with Crippen molar-refractivity contribution in [3.8, 4) is 5.75 Å². The summed E-state index contributed by atoms with van der Waals surface area (Å²) in [4.78, 5) is 15.8. The average Bonchev–Trinajstić information content (AvgIpc) is 2.42. The van der Waals surface area contributed by atoms with E-state index in [1.807, 2.05) is 13.0 Å². The maximum absolute atomic E-state index is 11.6. The molecule has 19 heavy (non-hydrogen) atoms. The molecule has 98 valence electrons. The number of pyridine rings is 1. The Kier molecular flexibility index (Phi) is 4.34. The number of ether oxygens (including phenoxy) is 1. The monoisotopic (exact) mass is 257 g/mol. The van der Waals surface area contributed by atoms with Crippen LogP contribution in [0.5, 0.6) is 5.75 Å². The summed E-state index contributed by atoms with van der Waals surface area (Å²) in [6.07, 6.45) is 1.04. The molecule has 0 saturated carbocycles. The molecule has 2 aromatic rings. The summed E-state index contributed by atoms with van der Waals surface area (Å²) in [6.45, 7) is 2.79. The van der Waals surface area contributed by atoms with E-state index in [4.69, 9.17) is 4.74 Å². The van der Waals surface area contributed by atoms with Gasteiger partial charge in [-0.1, -0.05) is 18.2 Å². The molecule has 2 rings (SSSR count). The normalized spacial score (nSPS) is 9.74. The van der Waals surface area contributed by atoms with Crippen molar-refractivity contribution in [2.24, 2.45) is 0 Å². The molecule has 0 aliphatic rings. The Morgan fingerprint density at radius 1 is 1.21 bits per heavy atom. The molecule has 0 spiro atoms. The molecule has 1 aromatic carbocycles. The van der Waals surface area contributed by atoms with Crippen molar-refractivity contribution in [3.63, 3.8) is 0 Å². The number of benzene rings is 1. The summed E-state index contributed by atoms with van der Waals surface area (Å²) in [7, 11) is 0. The summed E-state index contributed by atoms with van der Waals surface area (Å²) in [5.41, 5.74) is 0.586. The van der Waals surface area contributed by atoms with Crippen LogP contribution in [-0.2, 0) is 0 Å². The Balaban J connectivity index is 1.91. The van der Waals surface area contributed by atoms with E-state index in [-0.39, 0.29) is 0 Å². The first kappa shape index (κ1) is 12.9. The van der Waals surface area contributed by atoms with Crippen molar-refractivity contribution < 1.29 is 9.53 Å². The molecular formula is C14H15N3O2. The third kappa shape index (κ3) is 3.99. The zero-order valence-corrected chi connectivity index (χ0v) is 10.6. The lowest BCUT2D eigenvalue weighted by atomic mass is 10.3. The van der Waals surface area contributed by atoms with Crippen molar-refractivity contribution in [1.29, 1.82) is 0 Å². The highest BCUT2D eigenvalue weighted by molar-refractivity contribution is 5.86. The number of rotatable bonds is 4. The van der Waals surface area contributed by atoms with Crippen LogP contribution in [0.4, 0.5) is 16.3 Å². The maximum Gasteiger partial charge on any atom is 0.417 e. The highest BCUT2D eigenvalue weighted by Crippen LogP contribution is 2.12. The second-order valence-electron chi connectivity index (χ2n) is 3.79. The summed E-state index contributed by atoms with van der Waals surface area (Å²) in [6, 6.07) is 12.4. The van der Waals surface area contributed by atoms with Crippen LogP contribution in [0.25, 0.3) is 0 Å². The number of hydrogen-bond acceptors (Lipinski definition) is 4. The topological polar surface area (TPSA) is 63.2 Å². The third-order valence-electron chi connectivity index (χ3n) is 2.32. The van der Waals surface area contributed by atoms with E-state index >= 15 is 0 Å². The van der Waals surface area contributed by atoms with Gasteiger partial charge in [-0.25, -0.2) is 9.78 Å². The number of carbonyl (C=O) groups is 1. The Bertz CT molecular complexity index is 526. The van der Waals surface area contributed by atoms with E-state index in [0.717, 1.165) is 12.4 Å². The number of para-hydroxylation sites is 1. The van der Waals surface area contributed by atoms with Gasteiger partial charge in [0, 0.05) is 6.54 Å². The molecule has 0 fully saturated rings. The molecule has 0 unspecified atom stereocenters. The van der Waals surface area contributed by atoms with Gasteiger partial charge in [-0.3, -0.25) is 5.32 Å². The molecule has 0 bridgehead atoms. The molecule has 0 radical (unpaired) electrons. The average molecular weight is 257 g/mol. The predicted molar refractivity (Wildman–Crippen MR) is 74.5 cm³/mol. The molecule has 1 heterocycles. The minimum Gasteiger partial charge on any atom is -0.410 e. The van der Waals surface area contributed by atoms with Crippen LogP contribution in [0.1, 0.15) is 6.92 Å². The largest absolute Gasteiger partial charge is 0.417 e. The molecule has 0 aliphatic heterocycles. The van der Waals surface area contributed by atoms with Crippen molar-refractivity contribution in [2.45, 2.75) is 6.92 Å². The van der Waals surface area contributed by atoms with Gasteiger partial charge in [0.25, 0.3) is 0 Å². The molecule has 0 aliphatic carbocycles. The van der Waals surface area contributed by atoms with Gasteiger partial charge in [-0.15, -0.1) is 0 Å². The Morgan fingerprint density at radius 3 is 2.63 bits per heavy atom. The second-order valence-corrected chi connectivity index (χ2v) is 3.79. The van der Waals surface area contributed by atoms with Crippen LogP contribution in [0.3, 0.4) is 0 Å². The van der Waals surface area contributed by atoms with E-state index in [0.29, 0.717) is 11.4 Å². The Labute approximate surface area is 111 Å². The summed E-state index contributed by atoms with van der Waals surface area (Å²) in [5, 5.41) is 5.68. The fourth-order valence-electron chi connectivity index (χ4n) is 1.49. The minimum atomic E-state index is -0.538. The standard InChI is InChI=1S/C14H15N3O2/c1-2-15-13-9-8-11(10-16-13)17-14(18)19-12-6-4-3-5-7-12/h3-10H,2H2,1H3,(H,15,16)(H,17,18). The van der Waals surface area contributed by atoms with Gasteiger partial charge in [0.1, 0.15) is 11.6 Å². The maximum atomic E-state index is 11.6. The summed E-state index contributed by atoms with van der Waals surface area (Å²) >= 11 is 0. The third-order valence-corrected chi connectivity index (χ3v) is 2.32. The van der Waals surface area contributed by atoms with E-state index in [2.05, 4.69) is 15.6 Å². The van der Waals surface area contributed by atoms with E-state index in [1.54, 1.807) is 42.6 Å².